The number of carbonyl (C=O) groups excluding carboxylic acids is 4. The maximum atomic E-state index is 14.3. The Morgan fingerprint density at radius 2 is 1.85 bits per heavy atom. The zero-order valence-corrected chi connectivity index (χ0v) is 23.3. The number of hydrogen-bond acceptors (Lipinski definition) is 4. The average Bonchev–Trinajstić information content (AvgIpc) is 3.64. The fourth-order valence-corrected chi connectivity index (χ4v) is 6.12. The highest BCUT2D eigenvalue weighted by Crippen LogP contribution is 2.47. The number of rotatable bonds is 7. The van der Waals surface area contributed by atoms with Gasteiger partial charge in [0.15, 0.2) is 17.4 Å². The van der Waals surface area contributed by atoms with Crippen molar-refractivity contribution >= 4 is 51.7 Å². The smallest absolute Gasteiger partial charge is 0.270 e. The number of hydrogen-bond donors (Lipinski definition) is 2. The van der Waals surface area contributed by atoms with Gasteiger partial charge in [-0.15, -0.1) is 11.6 Å². The van der Waals surface area contributed by atoms with E-state index in [0.717, 1.165) is 11.0 Å². The normalized spacial score (nSPS) is 20.5. The molecule has 2 aromatic carbocycles. The molecule has 2 aliphatic rings. The molecular formula is C29H28ClF3N4O4. The van der Waals surface area contributed by atoms with Crippen LogP contribution in [-0.4, -0.2) is 69.8 Å². The fourth-order valence-electron chi connectivity index (χ4n) is 5.94. The van der Waals surface area contributed by atoms with Gasteiger partial charge in [0.2, 0.25) is 11.8 Å². The highest BCUT2D eigenvalue weighted by Gasteiger charge is 2.57. The number of aromatic amines is 1. The van der Waals surface area contributed by atoms with Crippen molar-refractivity contribution in [3.8, 4) is 0 Å². The minimum absolute atomic E-state index is 0.0331. The maximum absolute atomic E-state index is 14.3. The largest absolute Gasteiger partial charge is 0.348 e. The topological polar surface area (TPSA) is 103 Å². The molecule has 41 heavy (non-hydrogen) atoms. The van der Waals surface area contributed by atoms with Gasteiger partial charge in [0.1, 0.15) is 17.6 Å². The molecule has 3 aromatic rings. The SMILES string of the molecule is CC(C)C[C@@H](C(=O)N1C[C@]2(C[C@H]1C(=O)CCl)C(=O)Nc1ccccc12)N(C)C(=O)c1cc2c(F)cc(F)c(F)c2[nH]1. The Morgan fingerprint density at radius 1 is 1.15 bits per heavy atom. The molecule has 0 saturated carbocycles. The Hall–Kier alpha value is -3.86. The Balaban J connectivity index is 1.51. The van der Waals surface area contributed by atoms with Crippen LogP contribution in [0.3, 0.4) is 0 Å². The van der Waals surface area contributed by atoms with Crippen LogP contribution in [0.5, 0.6) is 0 Å². The van der Waals surface area contributed by atoms with Crippen molar-refractivity contribution in [1.82, 2.24) is 14.8 Å². The van der Waals surface area contributed by atoms with Gasteiger partial charge in [-0.05, 0) is 36.5 Å². The van der Waals surface area contributed by atoms with Gasteiger partial charge in [-0.2, -0.15) is 0 Å². The monoisotopic (exact) mass is 588 g/mol. The minimum Gasteiger partial charge on any atom is -0.348 e. The molecule has 1 saturated heterocycles. The number of ketones is 1. The molecular weight excluding hydrogens is 561 g/mol. The van der Waals surface area contributed by atoms with Crippen molar-refractivity contribution in [1.29, 1.82) is 0 Å². The predicted molar refractivity (Wildman–Crippen MR) is 146 cm³/mol. The van der Waals surface area contributed by atoms with Gasteiger partial charge in [-0.3, -0.25) is 19.2 Å². The molecule has 3 heterocycles. The van der Waals surface area contributed by atoms with E-state index >= 15 is 0 Å². The van der Waals surface area contributed by atoms with Crippen molar-refractivity contribution in [2.75, 3.05) is 24.8 Å². The quantitative estimate of drug-likeness (QED) is 0.316. The number of benzene rings is 2. The summed E-state index contributed by atoms with van der Waals surface area (Å²) in [7, 11) is 1.37. The Bertz CT molecular complexity index is 1590. The molecule has 5 rings (SSSR count). The van der Waals surface area contributed by atoms with E-state index in [0.29, 0.717) is 17.3 Å². The van der Waals surface area contributed by atoms with Gasteiger partial charge in [0.05, 0.1) is 22.9 Å². The fraction of sp³-hybridized carbons (Fsp3) is 0.379. The summed E-state index contributed by atoms with van der Waals surface area (Å²) in [6.07, 6.45) is 0.220. The van der Waals surface area contributed by atoms with Gasteiger partial charge in [-0.25, -0.2) is 13.2 Å². The summed E-state index contributed by atoms with van der Waals surface area (Å²) in [5.41, 5.74) is -0.648. The van der Waals surface area contributed by atoms with E-state index in [9.17, 15) is 32.3 Å². The summed E-state index contributed by atoms with van der Waals surface area (Å²) in [6, 6.07) is 6.42. The van der Waals surface area contributed by atoms with Gasteiger partial charge in [-0.1, -0.05) is 32.0 Å². The van der Waals surface area contributed by atoms with Crippen molar-refractivity contribution in [3.63, 3.8) is 0 Å². The summed E-state index contributed by atoms with van der Waals surface area (Å²) in [5, 5.41) is 2.53. The number of fused-ring (bicyclic) bond motifs is 3. The number of likely N-dealkylation sites (tertiary alicyclic amines) is 1. The third kappa shape index (κ3) is 4.65. The van der Waals surface area contributed by atoms with E-state index < -0.39 is 58.1 Å². The molecule has 0 unspecified atom stereocenters. The van der Waals surface area contributed by atoms with Crippen molar-refractivity contribution in [2.24, 2.45) is 5.92 Å². The lowest BCUT2D eigenvalue weighted by atomic mass is 9.79. The van der Waals surface area contributed by atoms with E-state index in [-0.39, 0.29) is 48.2 Å². The van der Waals surface area contributed by atoms with Crippen LogP contribution in [0.2, 0.25) is 0 Å². The average molecular weight is 589 g/mol. The number of H-pyrrole nitrogens is 1. The van der Waals surface area contributed by atoms with E-state index in [4.69, 9.17) is 11.6 Å². The van der Waals surface area contributed by atoms with E-state index in [1.807, 2.05) is 13.8 Å². The molecule has 1 aromatic heterocycles. The molecule has 3 amide bonds. The number of carbonyl (C=O) groups is 4. The third-order valence-electron chi connectivity index (χ3n) is 8.03. The highest BCUT2D eigenvalue weighted by atomic mass is 35.5. The van der Waals surface area contributed by atoms with E-state index in [1.54, 1.807) is 24.3 Å². The van der Waals surface area contributed by atoms with Crippen LogP contribution in [0.25, 0.3) is 10.9 Å². The second-order valence-electron chi connectivity index (χ2n) is 11.1. The number of para-hydroxylation sites is 1. The van der Waals surface area contributed by atoms with Crippen LogP contribution in [0.1, 0.15) is 42.7 Å². The number of anilines is 1. The number of amides is 3. The van der Waals surface area contributed by atoms with Gasteiger partial charge in [0.25, 0.3) is 5.91 Å². The number of Topliss-reactive ketones (excluding diaryl/α,β-unsaturated/α-hetero) is 1. The number of alkyl halides is 1. The van der Waals surface area contributed by atoms with Crippen LogP contribution >= 0.6 is 11.6 Å². The van der Waals surface area contributed by atoms with E-state index in [1.165, 1.54) is 11.9 Å². The molecule has 3 atom stereocenters. The standard InChI is InChI=1S/C29H28ClF3N4O4/c1-14(2)8-21(36(3)26(39)20-9-15-17(31)10-18(32)24(33)25(15)34-20)27(40)37-13-29(11-22(37)23(38)12-30)16-6-4-5-7-19(16)35-28(29)41/h4-7,9-10,14,21-22,34H,8,11-13H2,1-3H3,(H,35,41)/t21-,22-,29-/m0/s1. The highest BCUT2D eigenvalue weighted by molar-refractivity contribution is 6.28. The lowest BCUT2D eigenvalue weighted by molar-refractivity contribution is -0.141. The zero-order valence-electron chi connectivity index (χ0n) is 22.6. The first kappa shape index (κ1) is 28.7. The zero-order chi connectivity index (χ0) is 29.8. The summed E-state index contributed by atoms with van der Waals surface area (Å²) in [6.45, 7) is 3.60. The van der Waals surface area contributed by atoms with Crippen LogP contribution < -0.4 is 5.32 Å². The third-order valence-corrected chi connectivity index (χ3v) is 8.29. The molecule has 8 nitrogen and oxygen atoms in total. The molecule has 1 fully saturated rings. The lowest BCUT2D eigenvalue weighted by Crippen LogP contribution is -2.53. The molecule has 0 radical (unpaired) electrons. The lowest BCUT2D eigenvalue weighted by Gasteiger charge is -2.34. The van der Waals surface area contributed by atoms with Crippen molar-refractivity contribution in [3.05, 3.63) is 65.1 Å². The van der Waals surface area contributed by atoms with Crippen LogP contribution in [0, 0.1) is 23.4 Å². The summed E-state index contributed by atoms with van der Waals surface area (Å²) in [5.74, 6) is -6.35. The van der Waals surface area contributed by atoms with Crippen LogP contribution in [-0.2, 0) is 19.8 Å². The van der Waals surface area contributed by atoms with Crippen LogP contribution in [0.4, 0.5) is 18.9 Å². The predicted octanol–water partition coefficient (Wildman–Crippen LogP) is 4.37. The van der Waals surface area contributed by atoms with Crippen molar-refractivity contribution in [2.45, 2.75) is 44.2 Å². The number of likely N-dealkylation sites (N-methyl/N-ethyl adjacent to an activating group) is 1. The second kappa shape index (κ2) is 10.5. The number of nitrogens with one attached hydrogen (secondary N) is 2. The molecule has 1 spiro atoms. The summed E-state index contributed by atoms with van der Waals surface area (Å²) >= 11 is 5.92. The van der Waals surface area contributed by atoms with Crippen LogP contribution in [0.15, 0.2) is 36.4 Å². The summed E-state index contributed by atoms with van der Waals surface area (Å²) < 4.78 is 42.4. The molecule has 12 heteroatoms. The van der Waals surface area contributed by atoms with Gasteiger partial charge >= 0.3 is 0 Å². The molecule has 216 valence electrons. The maximum Gasteiger partial charge on any atom is 0.270 e. The first-order valence-corrected chi connectivity index (χ1v) is 13.7. The first-order valence-electron chi connectivity index (χ1n) is 13.1. The first-order chi connectivity index (χ1) is 19.4. The second-order valence-corrected chi connectivity index (χ2v) is 11.3. The molecule has 0 aliphatic carbocycles. The van der Waals surface area contributed by atoms with E-state index in [2.05, 4.69) is 10.3 Å². The summed E-state index contributed by atoms with van der Waals surface area (Å²) in [4.78, 5) is 58.9. The molecule has 0 bridgehead atoms. The Morgan fingerprint density at radius 3 is 2.54 bits per heavy atom. The molecule has 2 aliphatic heterocycles. The minimum atomic E-state index is -1.41. The number of aromatic nitrogens is 1. The number of nitrogens with zero attached hydrogens (tertiary/aromatic N) is 2. The Labute approximate surface area is 238 Å². The van der Waals surface area contributed by atoms with Gasteiger partial charge in [0, 0.05) is 30.7 Å². The van der Waals surface area contributed by atoms with Gasteiger partial charge < -0.3 is 20.1 Å². The number of halogens is 4. The molecule has 2 N–H and O–H groups in total. The Kier molecular flexibility index (Phi) is 7.35. The van der Waals surface area contributed by atoms with Crippen molar-refractivity contribution < 1.29 is 32.3 Å².